The summed E-state index contributed by atoms with van der Waals surface area (Å²) in [5, 5.41) is 0.357. The van der Waals surface area contributed by atoms with Gasteiger partial charge in [0.05, 0.1) is 0 Å². The SMILES string of the molecule is c1ccc(SB(Sc2ccccc2)c2ccccc2)cc1. The summed E-state index contributed by atoms with van der Waals surface area (Å²) in [5.41, 5.74) is 1.35. The van der Waals surface area contributed by atoms with Crippen LogP contribution in [0, 0.1) is 0 Å². The van der Waals surface area contributed by atoms with Gasteiger partial charge in [0.1, 0.15) is 0 Å². The molecule has 3 rings (SSSR count). The first kappa shape index (κ1) is 14.4. The largest absolute Gasteiger partial charge is 0.317 e. The zero-order valence-electron chi connectivity index (χ0n) is 11.6. The third-order valence-corrected chi connectivity index (χ3v) is 5.68. The van der Waals surface area contributed by atoms with Gasteiger partial charge >= 0.3 is 5.27 Å². The molecule has 102 valence electrons. The topological polar surface area (TPSA) is 0 Å². The molecule has 0 aliphatic heterocycles. The lowest BCUT2D eigenvalue weighted by molar-refractivity contribution is 1.47. The highest BCUT2D eigenvalue weighted by molar-refractivity contribution is 8.55. The second kappa shape index (κ2) is 7.44. The van der Waals surface area contributed by atoms with E-state index >= 15 is 0 Å². The Labute approximate surface area is 134 Å². The fourth-order valence-electron chi connectivity index (χ4n) is 2.02. The molecule has 0 aliphatic rings. The molecule has 0 saturated carbocycles. The first-order valence-corrected chi connectivity index (χ1v) is 8.66. The van der Waals surface area contributed by atoms with Crippen molar-refractivity contribution in [2.24, 2.45) is 0 Å². The lowest BCUT2D eigenvalue weighted by Gasteiger charge is -2.13. The Morgan fingerprint density at radius 3 is 1.29 bits per heavy atom. The Hall–Kier alpha value is -1.58. The second-order valence-corrected chi connectivity index (χ2v) is 7.26. The van der Waals surface area contributed by atoms with Crippen molar-refractivity contribution in [3.05, 3.63) is 91.0 Å². The van der Waals surface area contributed by atoms with Crippen molar-refractivity contribution in [2.45, 2.75) is 9.79 Å². The summed E-state index contributed by atoms with van der Waals surface area (Å²) < 4.78 is 0. The molecule has 0 atom stereocenters. The maximum atomic E-state index is 2.20. The van der Waals surface area contributed by atoms with Crippen molar-refractivity contribution in [3.8, 4) is 0 Å². The lowest BCUT2D eigenvalue weighted by atomic mass is 9.93. The molecule has 0 heterocycles. The van der Waals surface area contributed by atoms with E-state index in [1.807, 2.05) is 23.2 Å². The molecule has 3 aromatic rings. The van der Waals surface area contributed by atoms with E-state index in [0.29, 0.717) is 5.27 Å². The summed E-state index contributed by atoms with van der Waals surface area (Å²) in [4.78, 5) is 2.60. The van der Waals surface area contributed by atoms with Gasteiger partial charge in [-0.15, -0.1) is 0 Å². The molecule has 0 bridgehead atoms. The lowest BCUT2D eigenvalue weighted by Crippen LogP contribution is -2.23. The van der Waals surface area contributed by atoms with Gasteiger partial charge in [-0.3, -0.25) is 0 Å². The van der Waals surface area contributed by atoms with Crippen LogP contribution >= 0.6 is 23.2 Å². The van der Waals surface area contributed by atoms with Gasteiger partial charge in [0.2, 0.25) is 0 Å². The second-order valence-electron chi connectivity index (χ2n) is 4.60. The van der Waals surface area contributed by atoms with Gasteiger partial charge in [0.15, 0.2) is 0 Å². The molecular weight excluding hydrogens is 291 g/mol. The summed E-state index contributed by atoms with van der Waals surface area (Å²) in [6.45, 7) is 0. The van der Waals surface area contributed by atoms with Crippen LogP contribution in [0.4, 0.5) is 0 Å². The van der Waals surface area contributed by atoms with Gasteiger partial charge in [0.25, 0.3) is 0 Å². The zero-order valence-corrected chi connectivity index (χ0v) is 13.2. The third-order valence-electron chi connectivity index (χ3n) is 3.04. The van der Waals surface area contributed by atoms with E-state index in [1.54, 1.807) is 0 Å². The summed E-state index contributed by atoms with van der Waals surface area (Å²) in [6.07, 6.45) is 0. The first-order chi connectivity index (χ1) is 10.4. The van der Waals surface area contributed by atoms with Gasteiger partial charge in [0, 0.05) is 0 Å². The van der Waals surface area contributed by atoms with E-state index in [4.69, 9.17) is 0 Å². The Bertz CT molecular complexity index is 615. The molecule has 3 aromatic carbocycles. The Kier molecular flexibility index (Phi) is 5.09. The monoisotopic (exact) mass is 306 g/mol. The molecule has 0 N–H and O–H groups in total. The highest BCUT2D eigenvalue weighted by Gasteiger charge is 2.19. The predicted molar refractivity (Wildman–Crippen MR) is 96.4 cm³/mol. The van der Waals surface area contributed by atoms with Crippen LogP contribution in [0.3, 0.4) is 0 Å². The quantitative estimate of drug-likeness (QED) is 0.611. The minimum atomic E-state index is 0.357. The van der Waals surface area contributed by atoms with Crippen LogP contribution in [0.2, 0.25) is 0 Å². The van der Waals surface area contributed by atoms with E-state index < -0.39 is 0 Å². The third kappa shape index (κ3) is 4.19. The first-order valence-electron chi connectivity index (χ1n) is 6.90. The number of hydrogen-bond donors (Lipinski definition) is 0. The fourth-order valence-corrected chi connectivity index (χ4v) is 4.58. The van der Waals surface area contributed by atoms with Gasteiger partial charge in [-0.1, -0.05) is 72.2 Å². The van der Waals surface area contributed by atoms with Crippen LogP contribution < -0.4 is 5.46 Å². The predicted octanol–water partition coefficient (Wildman–Crippen LogP) is 4.97. The number of hydrogen-bond acceptors (Lipinski definition) is 2. The molecule has 0 radical (unpaired) electrons. The minimum absolute atomic E-state index is 0.357. The summed E-state index contributed by atoms with van der Waals surface area (Å²) in [7, 11) is 0. The van der Waals surface area contributed by atoms with Crippen molar-refractivity contribution < 1.29 is 0 Å². The minimum Gasteiger partial charge on any atom is -0.154 e. The number of benzene rings is 3. The van der Waals surface area contributed by atoms with Crippen LogP contribution in [0.5, 0.6) is 0 Å². The van der Waals surface area contributed by atoms with Crippen molar-refractivity contribution in [3.63, 3.8) is 0 Å². The fraction of sp³-hybridized carbons (Fsp3) is 0. The molecule has 0 aliphatic carbocycles. The molecule has 0 unspecified atom stereocenters. The molecule has 0 saturated heterocycles. The Morgan fingerprint density at radius 2 is 0.857 bits per heavy atom. The molecule has 0 fully saturated rings. The molecule has 0 spiro atoms. The van der Waals surface area contributed by atoms with Gasteiger partial charge in [-0.2, -0.15) is 23.2 Å². The smallest absolute Gasteiger partial charge is 0.154 e. The summed E-state index contributed by atoms with van der Waals surface area (Å²) >= 11 is 3.80. The zero-order chi connectivity index (χ0) is 14.3. The van der Waals surface area contributed by atoms with E-state index in [1.165, 1.54) is 15.3 Å². The van der Waals surface area contributed by atoms with Crippen LogP contribution in [-0.2, 0) is 0 Å². The van der Waals surface area contributed by atoms with Crippen LogP contribution in [0.1, 0.15) is 0 Å². The van der Waals surface area contributed by atoms with E-state index in [-0.39, 0.29) is 0 Å². The number of rotatable bonds is 5. The van der Waals surface area contributed by atoms with Crippen molar-refractivity contribution in [1.82, 2.24) is 0 Å². The van der Waals surface area contributed by atoms with E-state index in [9.17, 15) is 0 Å². The standard InChI is InChI=1S/C18H15BS2/c1-4-10-16(11-5-1)19(20-17-12-6-2-7-13-17)21-18-14-8-3-9-15-18/h1-15H. The molecule has 0 aromatic heterocycles. The van der Waals surface area contributed by atoms with E-state index in [2.05, 4.69) is 91.0 Å². The van der Waals surface area contributed by atoms with Crippen LogP contribution in [0.15, 0.2) is 101 Å². The van der Waals surface area contributed by atoms with Crippen molar-refractivity contribution >= 4 is 34.0 Å². The van der Waals surface area contributed by atoms with E-state index in [0.717, 1.165) is 0 Å². The van der Waals surface area contributed by atoms with Gasteiger partial charge < -0.3 is 0 Å². The molecule has 21 heavy (non-hydrogen) atoms. The highest BCUT2D eigenvalue weighted by Crippen LogP contribution is 2.31. The van der Waals surface area contributed by atoms with Gasteiger partial charge in [-0.25, -0.2) is 0 Å². The van der Waals surface area contributed by atoms with Gasteiger partial charge in [-0.05, 0) is 34.1 Å². The Balaban J connectivity index is 1.84. The normalized spacial score (nSPS) is 10.3. The Morgan fingerprint density at radius 1 is 0.476 bits per heavy atom. The van der Waals surface area contributed by atoms with Crippen molar-refractivity contribution in [2.75, 3.05) is 0 Å². The average molecular weight is 306 g/mol. The molecule has 0 amide bonds. The molecule has 3 heteroatoms. The average Bonchev–Trinajstić information content (AvgIpc) is 2.57. The van der Waals surface area contributed by atoms with Crippen molar-refractivity contribution in [1.29, 1.82) is 0 Å². The molecular formula is C18H15BS2. The maximum Gasteiger partial charge on any atom is 0.317 e. The summed E-state index contributed by atoms with van der Waals surface area (Å²) in [5.74, 6) is 0. The highest BCUT2D eigenvalue weighted by atomic mass is 32.2. The van der Waals surface area contributed by atoms with Crippen LogP contribution in [-0.4, -0.2) is 5.27 Å². The molecule has 0 nitrogen and oxygen atoms in total. The maximum absolute atomic E-state index is 2.20. The summed E-state index contributed by atoms with van der Waals surface area (Å²) in [6, 6.07) is 31.9. The van der Waals surface area contributed by atoms with Crippen LogP contribution in [0.25, 0.3) is 0 Å².